The molecule has 0 radical (unpaired) electrons. The van der Waals surface area contributed by atoms with Crippen LogP contribution in [0.2, 0.25) is 0 Å². The topological polar surface area (TPSA) is 89.3 Å². The standard InChI is InChI=1S/C29H48N4O6/c1-28(2)12-9-13-29(3,4)33(28)39-27(25-10-7-6-8-11-25)23-32-22-26(30-31-32)24-38-21-20-37-19-18-36-17-16-35-15-14-34-5/h6-8,10-11,22,27H,9,12-21,23-24H2,1-5H3. The van der Waals surface area contributed by atoms with Gasteiger partial charge in [0.25, 0.3) is 0 Å². The van der Waals surface area contributed by atoms with Crippen LogP contribution >= 0.6 is 0 Å². The first kappa shape index (κ1) is 31.6. The lowest BCUT2D eigenvalue weighted by molar-refractivity contribution is -0.309. The average Bonchev–Trinajstić information content (AvgIpc) is 3.35. The molecule has 10 heteroatoms. The summed E-state index contributed by atoms with van der Waals surface area (Å²) in [6.07, 6.45) is 5.14. The highest BCUT2D eigenvalue weighted by Crippen LogP contribution is 2.40. The quantitative estimate of drug-likeness (QED) is 0.240. The van der Waals surface area contributed by atoms with E-state index in [0.29, 0.717) is 66.0 Å². The van der Waals surface area contributed by atoms with Gasteiger partial charge in [0.1, 0.15) is 11.8 Å². The van der Waals surface area contributed by atoms with Gasteiger partial charge in [-0.3, -0.25) is 4.84 Å². The maximum atomic E-state index is 6.78. The van der Waals surface area contributed by atoms with Crippen molar-refractivity contribution in [2.24, 2.45) is 0 Å². The molecule has 1 unspecified atom stereocenters. The van der Waals surface area contributed by atoms with Crippen molar-refractivity contribution >= 4 is 0 Å². The summed E-state index contributed by atoms with van der Waals surface area (Å²) in [5.41, 5.74) is 1.78. The van der Waals surface area contributed by atoms with Gasteiger partial charge in [0.05, 0.1) is 72.2 Å². The molecule has 1 saturated heterocycles. The molecule has 1 aliphatic heterocycles. The molecule has 1 atom stereocenters. The molecule has 39 heavy (non-hydrogen) atoms. The lowest BCUT2D eigenvalue weighted by Gasteiger charge is -2.52. The second kappa shape index (κ2) is 16.4. The summed E-state index contributed by atoms with van der Waals surface area (Å²) in [7, 11) is 1.65. The van der Waals surface area contributed by atoms with E-state index in [1.807, 2.05) is 29.1 Å². The highest BCUT2D eigenvalue weighted by atomic mass is 16.7. The molecular formula is C29H48N4O6. The zero-order valence-electron chi connectivity index (χ0n) is 24.5. The molecule has 0 N–H and O–H groups in total. The third kappa shape index (κ3) is 10.9. The van der Waals surface area contributed by atoms with E-state index in [0.717, 1.165) is 24.1 Å². The average molecular weight is 549 g/mol. The second-order valence-corrected chi connectivity index (χ2v) is 11.1. The third-order valence-corrected chi connectivity index (χ3v) is 6.82. The number of ether oxygens (including phenoxy) is 5. The monoisotopic (exact) mass is 548 g/mol. The molecule has 10 nitrogen and oxygen atoms in total. The van der Waals surface area contributed by atoms with E-state index in [9.17, 15) is 0 Å². The van der Waals surface area contributed by atoms with E-state index in [2.05, 4.69) is 55.2 Å². The molecule has 0 spiro atoms. The fraction of sp³-hybridized carbons (Fsp3) is 0.724. The van der Waals surface area contributed by atoms with Crippen LogP contribution in [-0.4, -0.2) is 91.1 Å². The Morgan fingerprint density at radius 3 is 1.95 bits per heavy atom. The maximum absolute atomic E-state index is 6.78. The van der Waals surface area contributed by atoms with E-state index < -0.39 is 0 Å². The smallest absolute Gasteiger partial charge is 0.124 e. The van der Waals surface area contributed by atoms with Gasteiger partial charge >= 0.3 is 0 Å². The zero-order valence-corrected chi connectivity index (χ0v) is 24.5. The van der Waals surface area contributed by atoms with Gasteiger partial charge < -0.3 is 23.7 Å². The van der Waals surface area contributed by atoms with Crippen molar-refractivity contribution in [1.82, 2.24) is 20.1 Å². The normalized spacial score (nSPS) is 17.9. The molecule has 0 amide bonds. The van der Waals surface area contributed by atoms with Gasteiger partial charge in [0, 0.05) is 18.2 Å². The Morgan fingerprint density at radius 1 is 0.795 bits per heavy atom. The minimum absolute atomic E-state index is 0.0527. The maximum Gasteiger partial charge on any atom is 0.124 e. The van der Waals surface area contributed by atoms with Crippen molar-refractivity contribution < 1.29 is 28.5 Å². The summed E-state index contributed by atoms with van der Waals surface area (Å²) in [6.45, 7) is 14.3. The van der Waals surface area contributed by atoms with Gasteiger partial charge in [-0.2, -0.15) is 5.06 Å². The fourth-order valence-corrected chi connectivity index (χ4v) is 4.90. The van der Waals surface area contributed by atoms with Gasteiger partial charge in [0.15, 0.2) is 0 Å². The molecule has 1 aromatic heterocycles. The van der Waals surface area contributed by atoms with E-state index in [-0.39, 0.29) is 17.2 Å². The molecular weight excluding hydrogens is 500 g/mol. The second-order valence-electron chi connectivity index (χ2n) is 11.1. The number of nitrogens with zero attached hydrogens (tertiary/aromatic N) is 4. The number of hydroxylamine groups is 2. The Bertz CT molecular complexity index is 908. The fourth-order valence-electron chi connectivity index (χ4n) is 4.90. The SMILES string of the molecule is COCCOCCOCCOCCOCc1cn(CC(ON2C(C)(C)CCCC2(C)C)c2ccccc2)nn1. The summed E-state index contributed by atoms with van der Waals surface area (Å²) < 4.78 is 28.8. The van der Waals surface area contributed by atoms with E-state index >= 15 is 0 Å². The van der Waals surface area contributed by atoms with Crippen LogP contribution < -0.4 is 0 Å². The predicted octanol–water partition coefficient (Wildman–Crippen LogP) is 4.21. The van der Waals surface area contributed by atoms with Crippen LogP contribution in [0.5, 0.6) is 0 Å². The van der Waals surface area contributed by atoms with Crippen LogP contribution in [0.25, 0.3) is 0 Å². The number of piperidine rings is 1. The van der Waals surface area contributed by atoms with E-state index in [1.165, 1.54) is 6.42 Å². The number of hydrogen-bond donors (Lipinski definition) is 0. The Kier molecular flexibility index (Phi) is 13.3. The van der Waals surface area contributed by atoms with Crippen molar-refractivity contribution in [2.45, 2.75) is 77.3 Å². The Labute approximate surface area is 233 Å². The van der Waals surface area contributed by atoms with Crippen molar-refractivity contribution in [2.75, 3.05) is 60.0 Å². The number of hydrogen-bond acceptors (Lipinski definition) is 9. The van der Waals surface area contributed by atoms with Gasteiger partial charge in [-0.1, -0.05) is 35.5 Å². The van der Waals surface area contributed by atoms with Gasteiger partial charge in [-0.15, -0.1) is 5.10 Å². The summed E-state index contributed by atoms with van der Waals surface area (Å²) >= 11 is 0. The van der Waals surface area contributed by atoms with Crippen LogP contribution in [0.4, 0.5) is 0 Å². The van der Waals surface area contributed by atoms with Crippen molar-refractivity contribution in [3.05, 3.63) is 47.8 Å². The number of rotatable bonds is 19. The first-order valence-electron chi connectivity index (χ1n) is 14.0. The molecule has 220 valence electrons. The molecule has 2 aromatic rings. The molecule has 3 rings (SSSR count). The minimum atomic E-state index is -0.189. The Hall–Kier alpha value is -1.92. The summed E-state index contributed by atoms with van der Waals surface area (Å²) in [5, 5.41) is 10.9. The number of methoxy groups -OCH3 is 1. The number of benzene rings is 1. The first-order chi connectivity index (χ1) is 18.8. The summed E-state index contributed by atoms with van der Waals surface area (Å²) in [5.74, 6) is 0. The van der Waals surface area contributed by atoms with Crippen LogP contribution in [0.1, 0.15) is 64.3 Å². The lowest BCUT2D eigenvalue weighted by atomic mass is 9.82. The van der Waals surface area contributed by atoms with E-state index in [4.69, 9.17) is 28.5 Å². The minimum Gasteiger partial charge on any atom is -0.382 e. The van der Waals surface area contributed by atoms with Crippen LogP contribution in [0, 0.1) is 0 Å². The third-order valence-electron chi connectivity index (χ3n) is 6.82. The molecule has 0 bridgehead atoms. The highest BCUT2D eigenvalue weighted by Gasteiger charge is 2.43. The molecule has 2 heterocycles. The molecule has 0 aliphatic carbocycles. The molecule has 1 fully saturated rings. The Balaban J connectivity index is 1.41. The lowest BCUT2D eigenvalue weighted by Crippen LogP contribution is -2.58. The van der Waals surface area contributed by atoms with Crippen molar-refractivity contribution in [3.63, 3.8) is 0 Å². The van der Waals surface area contributed by atoms with Gasteiger partial charge in [-0.25, -0.2) is 4.68 Å². The first-order valence-corrected chi connectivity index (χ1v) is 14.0. The summed E-state index contributed by atoms with van der Waals surface area (Å²) in [6, 6.07) is 10.3. The van der Waals surface area contributed by atoms with Crippen LogP contribution in [0.3, 0.4) is 0 Å². The van der Waals surface area contributed by atoms with E-state index in [1.54, 1.807) is 7.11 Å². The Morgan fingerprint density at radius 2 is 1.36 bits per heavy atom. The van der Waals surface area contributed by atoms with Crippen LogP contribution in [0.15, 0.2) is 36.5 Å². The predicted molar refractivity (Wildman–Crippen MR) is 148 cm³/mol. The molecule has 0 saturated carbocycles. The van der Waals surface area contributed by atoms with Gasteiger partial charge in [-0.05, 0) is 52.5 Å². The van der Waals surface area contributed by atoms with Crippen molar-refractivity contribution in [3.8, 4) is 0 Å². The van der Waals surface area contributed by atoms with Gasteiger partial charge in [0.2, 0.25) is 0 Å². The number of aromatic nitrogens is 3. The largest absolute Gasteiger partial charge is 0.382 e. The van der Waals surface area contributed by atoms with Crippen molar-refractivity contribution in [1.29, 1.82) is 0 Å². The molecule has 1 aliphatic rings. The summed E-state index contributed by atoms with van der Waals surface area (Å²) in [4.78, 5) is 6.78. The highest BCUT2D eigenvalue weighted by molar-refractivity contribution is 5.17. The molecule has 1 aromatic carbocycles. The zero-order chi connectivity index (χ0) is 28.0. The van der Waals surface area contributed by atoms with Crippen LogP contribution in [-0.2, 0) is 41.7 Å².